The van der Waals surface area contributed by atoms with Crippen molar-refractivity contribution < 1.29 is 4.92 Å². The zero-order chi connectivity index (χ0) is 23.1. The van der Waals surface area contributed by atoms with E-state index in [9.17, 15) is 10.1 Å². The predicted octanol–water partition coefficient (Wildman–Crippen LogP) is 6.52. The van der Waals surface area contributed by atoms with E-state index in [0.717, 1.165) is 42.8 Å². The highest BCUT2D eigenvalue weighted by Gasteiger charge is 2.25. The van der Waals surface area contributed by atoms with Crippen molar-refractivity contribution in [1.29, 1.82) is 0 Å². The number of nitro groups is 1. The average molecular weight is 446 g/mol. The molecule has 34 heavy (non-hydrogen) atoms. The zero-order valence-electron chi connectivity index (χ0n) is 18.6. The zero-order valence-corrected chi connectivity index (χ0v) is 18.6. The molecule has 6 rings (SSSR count). The third kappa shape index (κ3) is 3.60. The normalized spacial score (nSPS) is 13.8. The van der Waals surface area contributed by atoms with Crippen molar-refractivity contribution in [2.24, 2.45) is 0 Å². The van der Waals surface area contributed by atoms with Crippen LogP contribution in [0.15, 0.2) is 91.0 Å². The van der Waals surface area contributed by atoms with E-state index in [-0.39, 0.29) is 10.6 Å². The molecule has 0 spiro atoms. The third-order valence-electron chi connectivity index (χ3n) is 6.73. The topological polar surface area (TPSA) is 59.3 Å². The Morgan fingerprint density at radius 2 is 1.71 bits per heavy atom. The van der Waals surface area contributed by atoms with E-state index in [2.05, 4.69) is 65.6 Å². The van der Waals surface area contributed by atoms with Gasteiger partial charge in [-0.15, -0.1) is 0 Å². The first-order valence-corrected chi connectivity index (χ1v) is 11.5. The van der Waals surface area contributed by atoms with Gasteiger partial charge in [0.1, 0.15) is 0 Å². The van der Waals surface area contributed by atoms with Crippen LogP contribution in [0.5, 0.6) is 0 Å². The molecule has 0 bridgehead atoms. The SMILES string of the molecule is O=[N+]([O-])c1cccc(-c2nc3ccc4ccccc4c3c3c2CN(Cc2ccccc2)CC3)c1. The van der Waals surface area contributed by atoms with Crippen molar-refractivity contribution >= 4 is 27.4 Å². The molecule has 0 saturated carbocycles. The highest BCUT2D eigenvalue weighted by molar-refractivity contribution is 6.09. The molecule has 0 atom stereocenters. The molecule has 0 fully saturated rings. The molecule has 0 aliphatic carbocycles. The number of hydrogen-bond acceptors (Lipinski definition) is 4. The van der Waals surface area contributed by atoms with Crippen LogP contribution in [0, 0.1) is 10.1 Å². The van der Waals surface area contributed by atoms with Gasteiger partial charge >= 0.3 is 0 Å². The van der Waals surface area contributed by atoms with Crippen LogP contribution in [-0.2, 0) is 19.5 Å². The molecule has 5 heteroatoms. The van der Waals surface area contributed by atoms with Gasteiger partial charge in [-0.3, -0.25) is 15.0 Å². The van der Waals surface area contributed by atoms with Gasteiger partial charge in [-0.2, -0.15) is 0 Å². The summed E-state index contributed by atoms with van der Waals surface area (Å²) in [7, 11) is 0. The van der Waals surface area contributed by atoms with Crippen LogP contribution in [0.3, 0.4) is 0 Å². The minimum atomic E-state index is -0.341. The first-order valence-electron chi connectivity index (χ1n) is 11.5. The van der Waals surface area contributed by atoms with Gasteiger partial charge in [-0.25, -0.2) is 4.98 Å². The average Bonchev–Trinajstić information content (AvgIpc) is 2.88. The Morgan fingerprint density at radius 3 is 2.56 bits per heavy atom. The van der Waals surface area contributed by atoms with Crippen molar-refractivity contribution in [2.45, 2.75) is 19.5 Å². The van der Waals surface area contributed by atoms with Crippen molar-refractivity contribution in [3.8, 4) is 11.3 Å². The van der Waals surface area contributed by atoms with Crippen molar-refractivity contribution in [1.82, 2.24) is 9.88 Å². The summed E-state index contributed by atoms with van der Waals surface area (Å²) in [5.74, 6) is 0. The van der Waals surface area contributed by atoms with E-state index in [4.69, 9.17) is 4.98 Å². The Balaban J connectivity index is 1.55. The minimum Gasteiger partial charge on any atom is -0.294 e. The maximum atomic E-state index is 11.5. The standard InChI is InChI=1S/C29H23N3O2/c33-32(34)23-11-6-10-22(17-23)29-26-19-31(18-20-7-2-1-3-8-20)16-15-25(26)28-24-12-5-4-9-21(24)13-14-27(28)30-29/h1-14,17H,15-16,18-19H2. The maximum absolute atomic E-state index is 11.5. The number of hydrogen-bond donors (Lipinski definition) is 0. The van der Waals surface area contributed by atoms with Crippen molar-refractivity contribution in [3.05, 3.63) is 118 Å². The Kier molecular flexibility index (Phi) is 5.04. The molecule has 0 radical (unpaired) electrons. The predicted molar refractivity (Wildman–Crippen MR) is 136 cm³/mol. The van der Waals surface area contributed by atoms with Crippen LogP contribution >= 0.6 is 0 Å². The second-order valence-electron chi connectivity index (χ2n) is 8.85. The fraction of sp³-hybridized carbons (Fsp3) is 0.138. The van der Waals surface area contributed by atoms with Gasteiger partial charge in [0.05, 0.1) is 16.1 Å². The van der Waals surface area contributed by atoms with Crippen LogP contribution in [0.2, 0.25) is 0 Å². The van der Waals surface area contributed by atoms with Gasteiger partial charge in [-0.1, -0.05) is 72.8 Å². The van der Waals surface area contributed by atoms with Gasteiger partial charge < -0.3 is 0 Å². The smallest absolute Gasteiger partial charge is 0.270 e. The molecule has 0 N–H and O–H groups in total. The summed E-state index contributed by atoms with van der Waals surface area (Å²) in [6.45, 7) is 2.58. The number of nitro benzene ring substituents is 1. The quantitative estimate of drug-likeness (QED) is 0.179. The van der Waals surface area contributed by atoms with Crippen LogP contribution in [0.1, 0.15) is 16.7 Å². The number of non-ortho nitro benzene ring substituents is 1. The minimum absolute atomic E-state index is 0.0867. The third-order valence-corrected chi connectivity index (χ3v) is 6.73. The number of aromatic nitrogens is 1. The van der Waals surface area contributed by atoms with Crippen LogP contribution in [0.4, 0.5) is 5.69 Å². The van der Waals surface area contributed by atoms with Crippen molar-refractivity contribution in [3.63, 3.8) is 0 Å². The lowest BCUT2D eigenvalue weighted by Gasteiger charge is -2.31. The molecular formula is C29H23N3O2. The van der Waals surface area contributed by atoms with Gasteiger partial charge in [0.2, 0.25) is 0 Å². The fourth-order valence-corrected chi connectivity index (χ4v) is 5.15. The summed E-state index contributed by atoms with van der Waals surface area (Å²) in [4.78, 5) is 18.7. The largest absolute Gasteiger partial charge is 0.294 e. The summed E-state index contributed by atoms with van der Waals surface area (Å²) < 4.78 is 0. The van der Waals surface area contributed by atoms with Crippen LogP contribution in [0.25, 0.3) is 32.9 Å². The molecular weight excluding hydrogens is 422 g/mol. The van der Waals surface area contributed by atoms with Crippen molar-refractivity contribution in [2.75, 3.05) is 6.54 Å². The van der Waals surface area contributed by atoms with Gasteiger partial charge in [-0.05, 0) is 39.9 Å². The first-order chi connectivity index (χ1) is 16.7. The molecule has 0 saturated heterocycles. The van der Waals surface area contributed by atoms with E-state index in [1.54, 1.807) is 12.1 Å². The molecule has 4 aromatic carbocycles. The Hall–Kier alpha value is -4.09. The second kappa shape index (κ2) is 8.36. The molecule has 0 amide bonds. The Bertz CT molecular complexity index is 1550. The molecule has 2 heterocycles. The lowest BCUT2D eigenvalue weighted by molar-refractivity contribution is -0.384. The van der Waals surface area contributed by atoms with E-state index < -0.39 is 0 Å². The van der Waals surface area contributed by atoms with Gasteiger partial charge in [0, 0.05) is 42.7 Å². The maximum Gasteiger partial charge on any atom is 0.270 e. The molecule has 166 valence electrons. The van der Waals surface area contributed by atoms with E-state index in [0.29, 0.717) is 0 Å². The number of rotatable bonds is 4. The second-order valence-corrected chi connectivity index (χ2v) is 8.85. The van der Waals surface area contributed by atoms with Gasteiger partial charge in [0.25, 0.3) is 5.69 Å². The number of nitrogens with zero attached hydrogens (tertiary/aromatic N) is 3. The molecule has 1 aromatic heterocycles. The summed E-state index contributed by atoms with van der Waals surface area (Å²) in [5, 5.41) is 15.1. The molecule has 1 aliphatic rings. The van der Waals surface area contributed by atoms with Crippen LogP contribution in [-0.4, -0.2) is 21.4 Å². The van der Waals surface area contributed by atoms with E-state index in [1.807, 2.05) is 12.1 Å². The first kappa shape index (κ1) is 20.5. The summed E-state index contributed by atoms with van der Waals surface area (Å²) >= 11 is 0. The highest BCUT2D eigenvalue weighted by atomic mass is 16.6. The number of fused-ring (bicyclic) bond motifs is 5. The molecule has 1 aliphatic heterocycles. The lowest BCUT2D eigenvalue weighted by Crippen LogP contribution is -2.31. The van der Waals surface area contributed by atoms with E-state index in [1.165, 1.54) is 38.9 Å². The summed E-state index contributed by atoms with van der Waals surface area (Å²) in [6.07, 6.45) is 0.914. The van der Waals surface area contributed by atoms with Gasteiger partial charge in [0.15, 0.2) is 0 Å². The molecule has 5 nitrogen and oxygen atoms in total. The molecule has 0 unspecified atom stereocenters. The monoisotopic (exact) mass is 445 g/mol. The summed E-state index contributed by atoms with van der Waals surface area (Å²) in [5.41, 5.74) is 6.43. The van der Waals surface area contributed by atoms with E-state index >= 15 is 0 Å². The lowest BCUT2D eigenvalue weighted by atomic mass is 9.89. The Morgan fingerprint density at radius 1 is 0.882 bits per heavy atom. The fourth-order valence-electron chi connectivity index (χ4n) is 5.15. The van der Waals surface area contributed by atoms with Crippen LogP contribution < -0.4 is 0 Å². The highest BCUT2D eigenvalue weighted by Crippen LogP contribution is 2.38. The molecule has 5 aromatic rings. The number of pyridine rings is 1. The summed E-state index contributed by atoms with van der Waals surface area (Å²) in [6, 6.07) is 30.0. The number of benzene rings is 4. The Labute approximate surface area is 197 Å².